The average molecular weight is 333 g/mol. The molecule has 1 aliphatic rings. The zero-order valence-electron chi connectivity index (χ0n) is 12.5. The third kappa shape index (κ3) is 3.40. The summed E-state index contributed by atoms with van der Waals surface area (Å²) in [5.41, 5.74) is 7.07. The first-order valence-corrected chi connectivity index (χ1v) is 8.72. The standard InChI is InChI=1S/C14H21ClN2O3S/c1-9-7-17(8-10(2)20-9)21(18,19)14-5-13(15)4-12(6-16)11(14)3/h4-5,9-10H,6-8,16H2,1-3H3. The lowest BCUT2D eigenvalue weighted by Crippen LogP contribution is -2.48. The van der Waals surface area contributed by atoms with Crippen LogP contribution in [-0.2, 0) is 21.3 Å². The first kappa shape index (κ1) is 16.7. The number of halogens is 1. The van der Waals surface area contributed by atoms with Gasteiger partial charge in [-0.05, 0) is 44.0 Å². The first-order valence-electron chi connectivity index (χ1n) is 6.90. The highest BCUT2D eigenvalue weighted by Gasteiger charge is 2.33. The van der Waals surface area contributed by atoms with Gasteiger partial charge in [0.25, 0.3) is 0 Å². The molecule has 1 aliphatic heterocycles. The van der Waals surface area contributed by atoms with Crippen LogP contribution in [0.2, 0.25) is 5.02 Å². The van der Waals surface area contributed by atoms with Crippen LogP contribution in [-0.4, -0.2) is 38.0 Å². The van der Waals surface area contributed by atoms with Gasteiger partial charge in [0, 0.05) is 24.7 Å². The van der Waals surface area contributed by atoms with Gasteiger partial charge in [-0.2, -0.15) is 4.31 Å². The number of ether oxygens (including phenoxy) is 1. The SMILES string of the molecule is Cc1c(CN)cc(Cl)cc1S(=O)(=O)N1CC(C)OC(C)C1. The van der Waals surface area contributed by atoms with Crippen molar-refractivity contribution in [2.75, 3.05) is 13.1 Å². The molecule has 1 heterocycles. The van der Waals surface area contributed by atoms with E-state index in [2.05, 4.69) is 0 Å². The Morgan fingerprint density at radius 1 is 1.33 bits per heavy atom. The largest absolute Gasteiger partial charge is 0.373 e. The average Bonchev–Trinajstić information content (AvgIpc) is 2.39. The Morgan fingerprint density at radius 2 is 1.90 bits per heavy atom. The highest BCUT2D eigenvalue weighted by atomic mass is 35.5. The highest BCUT2D eigenvalue weighted by molar-refractivity contribution is 7.89. The Bertz CT molecular complexity index is 623. The maximum atomic E-state index is 12.9. The van der Waals surface area contributed by atoms with E-state index in [9.17, 15) is 8.42 Å². The molecule has 0 spiro atoms. The number of hydrogen-bond acceptors (Lipinski definition) is 4. The number of rotatable bonds is 3. The molecule has 1 saturated heterocycles. The lowest BCUT2D eigenvalue weighted by molar-refractivity contribution is -0.0440. The molecule has 21 heavy (non-hydrogen) atoms. The van der Waals surface area contributed by atoms with Crippen molar-refractivity contribution in [2.24, 2.45) is 5.73 Å². The van der Waals surface area contributed by atoms with Crippen LogP contribution in [0.5, 0.6) is 0 Å². The second-order valence-electron chi connectivity index (χ2n) is 5.47. The van der Waals surface area contributed by atoms with E-state index in [4.69, 9.17) is 22.1 Å². The van der Waals surface area contributed by atoms with Gasteiger partial charge in [0.2, 0.25) is 10.0 Å². The van der Waals surface area contributed by atoms with E-state index >= 15 is 0 Å². The Balaban J connectivity index is 2.47. The van der Waals surface area contributed by atoms with Crippen LogP contribution in [0.1, 0.15) is 25.0 Å². The fourth-order valence-electron chi connectivity index (χ4n) is 2.65. The second-order valence-corrected chi connectivity index (χ2v) is 7.81. The van der Waals surface area contributed by atoms with Gasteiger partial charge in [-0.1, -0.05) is 11.6 Å². The van der Waals surface area contributed by atoms with Crippen molar-refractivity contribution in [3.05, 3.63) is 28.3 Å². The van der Waals surface area contributed by atoms with Gasteiger partial charge in [0.1, 0.15) is 0 Å². The number of nitrogens with zero attached hydrogens (tertiary/aromatic N) is 1. The molecule has 118 valence electrons. The number of nitrogens with two attached hydrogens (primary N) is 1. The lowest BCUT2D eigenvalue weighted by Gasteiger charge is -2.34. The summed E-state index contributed by atoms with van der Waals surface area (Å²) in [6.45, 7) is 6.44. The van der Waals surface area contributed by atoms with Crippen molar-refractivity contribution in [1.82, 2.24) is 4.31 Å². The Morgan fingerprint density at radius 3 is 2.43 bits per heavy atom. The predicted octanol–water partition coefficient (Wildman–Crippen LogP) is 1.91. The van der Waals surface area contributed by atoms with Gasteiger partial charge in [0.05, 0.1) is 17.1 Å². The molecule has 0 radical (unpaired) electrons. The molecule has 2 atom stereocenters. The Labute approximate surface area is 131 Å². The molecular weight excluding hydrogens is 312 g/mol. The van der Waals surface area contributed by atoms with Crippen molar-refractivity contribution in [2.45, 2.75) is 44.4 Å². The van der Waals surface area contributed by atoms with Gasteiger partial charge in [-0.3, -0.25) is 0 Å². The summed E-state index contributed by atoms with van der Waals surface area (Å²) in [7, 11) is -3.60. The summed E-state index contributed by atoms with van der Waals surface area (Å²) in [5.74, 6) is 0. The molecule has 1 aromatic carbocycles. The fourth-order valence-corrected chi connectivity index (χ4v) is 4.84. The van der Waals surface area contributed by atoms with Gasteiger partial charge in [-0.25, -0.2) is 8.42 Å². The van der Waals surface area contributed by atoms with E-state index in [0.29, 0.717) is 23.7 Å². The Kier molecular flexibility index (Phi) is 4.95. The quantitative estimate of drug-likeness (QED) is 0.917. The van der Waals surface area contributed by atoms with Gasteiger partial charge >= 0.3 is 0 Å². The zero-order chi connectivity index (χ0) is 15.8. The minimum Gasteiger partial charge on any atom is -0.373 e. The number of sulfonamides is 1. The number of hydrogen-bond donors (Lipinski definition) is 1. The van der Waals surface area contributed by atoms with Crippen molar-refractivity contribution < 1.29 is 13.2 Å². The van der Waals surface area contributed by atoms with Crippen molar-refractivity contribution in [1.29, 1.82) is 0 Å². The molecule has 7 heteroatoms. The van der Waals surface area contributed by atoms with E-state index in [0.717, 1.165) is 5.56 Å². The maximum absolute atomic E-state index is 12.9. The third-order valence-corrected chi connectivity index (χ3v) is 5.83. The summed E-state index contributed by atoms with van der Waals surface area (Å²) in [6.07, 6.45) is -0.256. The van der Waals surface area contributed by atoms with Crippen LogP contribution in [0.3, 0.4) is 0 Å². The second kappa shape index (κ2) is 6.22. The van der Waals surface area contributed by atoms with E-state index in [1.165, 1.54) is 10.4 Å². The van der Waals surface area contributed by atoms with Crippen LogP contribution in [0, 0.1) is 6.92 Å². The molecule has 0 aromatic heterocycles. The van der Waals surface area contributed by atoms with Crippen LogP contribution in [0.4, 0.5) is 0 Å². The van der Waals surface area contributed by atoms with Crippen molar-refractivity contribution >= 4 is 21.6 Å². The fraction of sp³-hybridized carbons (Fsp3) is 0.571. The van der Waals surface area contributed by atoms with Crippen LogP contribution < -0.4 is 5.73 Å². The zero-order valence-corrected chi connectivity index (χ0v) is 14.0. The summed E-state index contributed by atoms with van der Waals surface area (Å²) < 4.78 is 32.8. The molecule has 0 aliphatic carbocycles. The predicted molar refractivity (Wildman–Crippen MR) is 82.8 cm³/mol. The monoisotopic (exact) mass is 332 g/mol. The van der Waals surface area contributed by atoms with Gasteiger partial charge < -0.3 is 10.5 Å². The minimum absolute atomic E-state index is 0.128. The summed E-state index contributed by atoms with van der Waals surface area (Å²) in [6, 6.07) is 3.21. The summed E-state index contributed by atoms with van der Waals surface area (Å²) in [4.78, 5) is 0.233. The molecule has 0 bridgehead atoms. The lowest BCUT2D eigenvalue weighted by atomic mass is 10.1. The van der Waals surface area contributed by atoms with Crippen LogP contribution >= 0.6 is 11.6 Å². The summed E-state index contributed by atoms with van der Waals surface area (Å²) in [5, 5.41) is 0.383. The molecule has 2 rings (SSSR count). The molecule has 1 aromatic rings. The molecule has 0 amide bonds. The third-order valence-electron chi connectivity index (χ3n) is 3.66. The highest BCUT2D eigenvalue weighted by Crippen LogP contribution is 2.28. The normalized spacial score (nSPS) is 24.2. The van der Waals surface area contributed by atoms with E-state index in [-0.39, 0.29) is 23.6 Å². The molecule has 2 N–H and O–H groups in total. The van der Waals surface area contributed by atoms with Gasteiger partial charge in [-0.15, -0.1) is 0 Å². The number of morpholine rings is 1. The van der Waals surface area contributed by atoms with Crippen LogP contribution in [0.25, 0.3) is 0 Å². The minimum atomic E-state index is -3.60. The van der Waals surface area contributed by atoms with Gasteiger partial charge in [0.15, 0.2) is 0 Å². The smallest absolute Gasteiger partial charge is 0.243 e. The maximum Gasteiger partial charge on any atom is 0.243 e. The molecule has 0 saturated carbocycles. The van der Waals surface area contributed by atoms with E-state index in [1.54, 1.807) is 13.0 Å². The topological polar surface area (TPSA) is 72.6 Å². The molecular formula is C14H21ClN2O3S. The Hall–Kier alpha value is -0.660. The molecule has 5 nitrogen and oxygen atoms in total. The van der Waals surface area contributed by atoms with Crippen LogP contribution in [0.15, 0.2) is 17.0 Å². The summed E-state index contributed by atoms with van der Waals surface area (Å²) >= 11 is 6.04. The molecule has 1 fully saturated rings. The van der Waals surface area contributed by atoms with E-state index in [1.807, 2.05) is 13.8 Å². The molecule has 2 unspecified atom stereocenters. The number of benzene rings is 1. The van der Waals surface area contributed by atoms with E-state index < -0.39 is 10.0 Å². The van der Waals surface area contributed by atoms with Crippen molar-refractivity contribution in [3.63, 3.8) is 0 Å². The first-order chi connectivity index (χ1) is 9.75. The van der Waals surface area contributed by atoms with Crippen molar-refractivity contribution in [3.8, 4) is 0 Å².